The van der Waals surface area contributed by atoms with Gasteiger partial charge in [-0.25, -0.2) is 15.2 Å². The predicted octanol–water partition coefficient (Wildman–Crippen LogP) is 4.71. The molecule has 30 heavy (non-hydrogen) atoms. The van der Waals surface area contributed by atoms with Crippen molar-refractivity contribution in [2.24, 2.45) is 5.92 Å². The van der Waals surface area contributed by atoms with Gasteiger partial charge in [-0.05, 0) is 54.4 Å². The van der Waals surface area contributed by atoms with Crippen LogP contribution in [0.15, 0.2) is 72.8 Å². The maximum Gasteiger partial charge on any atom is 0.246 e. The minimum absolute atomic E-state index is 0.00198. The Hall–Kier alpha value is -2.73. The Morgan fingerprint density at radius 2 is 1.43 bits per heavy atom. The molecule has 152 valence electrons. The fourth-order valence-corrected chi connectivity index (χ4v) is 4.74. The summed E-state index contributed by atoms with van der Waals surface area (Å²) in [6, 6.07) is 21.3. The zero-order chi connectivity index (χ0) is 20.8. The normalized spacial score (nSPS) is 25.6. The van der Waals surface area contributed by atoms with Crippen molar-refractivity contribution in [2.45, 2.75) is 25.0 Å². The maximum atomic E-state index is 13.6. The van der Waals surface area contributed by atoms with Crippen molar-refractivity contribution in [2.75, 3.05) is 4.90 Å². The maximum absolute atomic E-state index is 13.6. The number of amides is 1. The van der Waals surface area contributed by atoms with Crippen molar-refractivity contribution in [3.8, 4) is 0 Å². The molecule has 0 aliphatic carbocycles. The zero-order valence-electron chi connectivity index (χ0n) is 16.3. The molecule has 2 saturated heterocycles. The van der Waals surface area contributed by atoms with Crippen LogP contribution in [0.1, 0.15) is 28.8 Å². The third kappa shape index (κ3) is 3.19. The number of nitrogens with one attached hydrogen (secondary N) is 2. The van der Waals surface area contributed by atoms with Gasteiger partial charge in [0.2, 0.25) is 5.91 Å². The summed E-state index contributed by atoms with van der Waals surface area (Å²) < 4.78 is 13.6. The molecular formula is C24H21ClFN3O. The lowest BCUT2D eigenvalue weighted by Crippen LogP contribution is -2.41. The van der Waals surface area contributed by atoms with Crippen LogP contribution < -0.4 is 15.8 Å². The van der Waals surface area contributed by atoms with Crippen molar-refractivity contribution >= 4 is 23.2 Å². The first-order valence-electron chi connectivity index (χ1n) is 9.94. The molecule has 0 bridgehead atoms. The lowest BCUT2D eigenvalue weighted by Gasteiger charge is -2.31. The molecule has 2 aliphatic heterocycles. The van der Waals surface area contributed by atoms with Crippen LogP contribution in [0, 0.1) is 18.7 Å². The summed E-state index contributed by atoms with van der Waals surface area (Å²) >= 11 is 6.07. The van der Waals surface area contributed by atoms with Gasteiger partial charge in [0.1, 0.15) is 11.9 Å². The Bertz CT molecular complexity index is 1070. The minimum Gasteiger partial charge on any atom is -0.303 e. The highest BCUT2D eigenvalue weighted by Gasteiger charge is 2.55. The molecule has 3 aromatic rings. The summed E-state index contributed by atoms with van der Waals surface area (Å²) in [5.41, 5.74) is 10.4. The van der Waals surface area contributed by atoms with Gasteiger partial charge < -0.3 is 4.90 Å². The third-order valence-electron chi connectivity index (χ3n) is 6.06. The molecular weight excluding hydrogens is 401 g/mol. The first-order valence-corrected chi connectivity index (χ1v) is 10.3. The highest BCUT2D eigenvalue weighted by molar-refractivity contribution is 6.30. The molecule has 0 spiro atoms. The number of hydrazine groups is 1. The number of hydrogen-bond acceptors (Lipinski definition) is 3. The number of rotatable bonds is 3. The molecule has 2 heterocycles. The third-order valence-corrected chi connectivity index (χ3v) is 6.32. The highest BCUT2D eigenvalue weighted by atomic mass is 35.5. The zero-order valence-corrected chi connectivity index (χ0v) is 17.1. The molecule has 0 radical (unpaired) electrons. The van der Waals surface area contributed by atoms with Crippen LogP contribution in [-0.4, -0.2) is 11.9 Å². The summed E-state index contributed by atoms with van der Waals surface area (Å²) in [7, 11) is 0. The second-order valence-electron chi connectivity index (χ2n) is 7.91. The molecule has 3 aromatic carbocycles. The summed E-state index contributed by atoms with van der Waals surface area (Å²) in [5, 5.41) is 0.667. The second-order valence-corrected chi connectivity index (χ2v) is 8.35. The Labute approximate surface area is 179 Å². The lowest BCUT2D eigenvalue weighted by molar-refractivity contribution is -0.119. The Balaban J connectivity index is 1.62. The summed E-state index contributed by atoms with van der Waals surface area (Å²) in [6.07, 6.45) is 0. The molecule has 4 nitrogen and oxygen atoms in total. The molecule has 2 fully saturated rings. The fourth-order valence-electron chi connectivity index (χ4n) is 4.61. The van der Waals surface area contributed by atoms with Crippen molar-refractivity contribution < 1.29 is 9.18 Å². The van der Waals surface area contributed by atoms with E-state index in [1.165, 1.54) is 12.1 Å². The molecule has 1 amide bonds. The van der Waals surface area contributed by atoms with E-state index in [1.54, 1.807) is 12.1 Å². The number of carbonyl (C=O) groups is 1. The smallest absolute Gasteiger partial charge is 0.246 e. The van der Waals surface area contributed by atoms with Gasteiger partial charge >= 0.3 is 0 Å². The van der Waals surface area contributed by atoms with Crippen LogP contribution in [0.5, 0.6) is 0 Å². The lowest BCUT2D eigenvalue weighted by atomic mass is 9.83. The molecule has 0 aromatic heterocycles. The monoisotopic (exact) mass is 421 g/mol. The molecule has 5 rings (SSSR count). The van der Waals surface area contributed by atoms with E-state index in [-0.39, 0.29) is 35.8 Å². The van der Waals surface area contributed by atoms with Crippen molar-refractivity contribution in [3.05, 3.63) is 100 Å². The standard InChI is InChI=1S/C24H21ClFN3O/c1-14-2-12-19(13-3-14)29-23(16-6-10-18(26)11-7-16)20-21(27-28-22(20)24(29)30)15-4-8-17(25)9-5-15/h2-13,20-23,27-28H,1H3. The first kappa shape index (κ1) is 19.2. The van der Waals surface area contributed by atoms with E-state index < -0.39 is 0 Å². The number of anilines is 1. The van der Waals surface area contributed by atoms with Gasteiger partial charge in [-0.1, -0.05) is 53.6 Å². The van der Waals surface area contributed by atoms with Gasteiger partial charge in [0.15, 0.2) is 0 Å². The largest absolute Gasteiger partial charge is 0.303 e. The van der Waals surface area contributed by atoms with Crippen LogP contribution in [-0.2, 0) is 4.79 Å². The van der Waals surface area contributed by atoms with Gasteiger partial charge in [0.05, 0.1) is 12.1 Å². The Morgan fingerprint density at radius 3 is 2.10 bits per heavy atom. The fraction of sp³-hybridized carbons (Fsp3) is 0.208. The van der Waals surface area contributed by atoms with E-state index in [2.05, 4.69) is 10.9 Å². The van der Waals surface area contributed by atoms with Crippen LogP contribution >= 0.6 is 11.6 Å². The number of nitrogens with zero attached hydrogens (tertiary/aromatic N) is 1. The highest BCUT2D eigenvalue weighted by Crippen LogP contribution is 2.48. The molecule has 2 aliphatic rings. The van der Waals surface area contributed by atoms with Crippen LogP contribution in [0.3, 0.4) is 0 Å². The number of aryl methyl sites for hydroxylation is 1. The average Bonchev–Trinajstić information content (AvgIpc) is 3.29. The minimum atomic E-state index is -0.387. The second kappa shape index (κ2) is 7.51. The van der Waals surface area contributed by atoms with E-state index in [0.29, 0.717) is 5.02 Å². The predicted molar refractivity (Wildman–Crippen MR) is 116 cm³/mol. The van der Waals surface area contributed by atoms with Gasteiger partial charge in [-0.2, -0.15) is 0 Å². The molecule has 4 unspecified atom stereocenters. The van der Waals surface area contributed by atoms with E-state index in [1.807, 2.05) is 60.4 Å². The SMILES string of the molecule is Cc1ccc(N2C(=O)C3NNC(c4ccc(Cl)cc4)C3C2c2ccc(F)cc2)cc1. The summed E-state index contributed by atoms with van der Waals surface area (Å²) in [4.78, 5) is 15.3. The van der Waals surface area contributed by atoms with Crippen molar-refractivity contribution in [3.63, 3.8) is 0 Å². The molecule has 4 atom stereocenters. The quantitative estimate of drug-likeness (QED) is 0.643. The van der Waals surface area contributed by atoms with E-state index in [9.17, 15) is 9.18 Å². The number of carbonyl (C=O) groups excluding carboxylic acids is 1. The Kier molecular flexibility index (Phi) is 4.82. The summed E-state index contributed by atoms with van der Waals surface area (Å²) in [5.74, 6) is -0.369. The van der Waals surface area contributed by atoms with Crippen LogP contribution in [0.4, 0.5) is 10.1 Å². The number of halogens is 2. The van der Waals surface area contributed by atoms with E-state index in [0.717, 1.165) is 22.4 Å². The van der Waals surface area contributed by atoms with Crippen molar-refractivity contribution in [1.29, 1.82) is 0 Å². The number of hydrogen-bond donors (Lipinski definition) is 2. The van der Waals surface area contributed by atoms with Crippen LogP contribution in [0.2, 0.25) is 5.02 Å². The number of benzene rings is 3. The van der Waals surface area contributed by atoms with Gasteiger partial charge in [0, 0.05) is 16.6 Å². The topological polar surface area (TPSA) is 44.4 Å². The molecule has 2 N–H and O–H groups in total. The van der Waals surface area contributed by atoms with E-state index >= 15 is 0 Å². The van der Waals surface area contributed by atoms with E-state index in [4.69, 9.17) is 11.6 Å². The Morgan fingerprint density at radius 1 is 0.833 bits per heavy atom. The van der Waals surface area contributed by atoms with Gasteiger partial charge in [-0.3, -0.25) is 4.79 Å². The van der Waals surface area contributed by atoms with Crippen molar-refractivity contribution in [1.82, 2.24) is 10.9 Å². The van der Waals surface area contributed by atoms with Gasteiger partial charge in [0.25, 0.3) is 0 Å². The number of fused-ring (bicyclic) bond motifs is 1. The van der Waals surface area contributed by atoms with Crippen LogP contribution in [0.25, 0.3) is 0 Å². The summed E-state index contributed by atoms with van der Waals surface area (Å²) in [6.45, 7) is 2.02. The first-order chi connectivity index (χ1) is 14.5. The molecule has 6 heteroatoms. The van der Waals surface area contributed by atoms with Gasteiger partial charge in [-0.15, -0.1) is 0 Å². The molecule has 0 saturated carbocycles. The average molecular weight is 422 g/mol.